The van der Waals surface area contributed by atoms with E-state index in [9.17, 15) is 0 Å². The van der Waals surface area contributed by atoms with Gasteiger partial charge in [0, 0.05) is 49.2 Å². The second-order valence-electron chi connectivity index (χ2n) is 5.94. The fourth-order valence-corrected chi connectivity index (χ4v) is 3.10. The monoisotopic (exact) mass is 355 g/mol. The van der Waals surface area contributed by atoms with E-state index in [2.05, 4.69) is 24.8 Å². The van der Waals surface area contributed by atoms with Gasteiger partial charge in [0.05, 0.1) is 12.7 Å². The summed E-state index contributed by atoms with van der Waals surface area (Å²) >= 11 is 6.04. The van der Waals surface area contributed by atoms with Crippen molar-refractivity contribution in [2.24, 2.45) is 0 Å². The molecule has 128 valence electrons. The van der Waals surface area contributed by atoms with Crippen molar-refractivity contribution < 1.29 is 4.42 Å². The van der Waals surface area contributed by atoms with Crippen LogP contribution in [0.5, 0.6) is 0 Å². The molecule has 4 rings (SSSR count). The fourth-order valence-electron chi connectivity index (χ4n) is 2.91. The lowest BCUT2D eigenvalue weighted by Crippen LogP contribution is -2.46. The van der Waals surface area contributed by atoms with E-state index in [1.807, 2.05) is 30.3 Å². The van der Waals surface area contributed by atoms with Gasteiger partial charge < -0.3 is 9.32 Å². The van der Waals surface area contributed by atoms with E-state index in [1.54, 1.807) is 18.6 Å². The van der Waals surface area contributed by atoms with Crippen LogP contribution in [0, 0.1) is 0 Å². The van der Waals surface area contributed by atoms with Crippen LogP contribution in [-0.4, -0.2) is 46.0 Å². The van der Waals surface area contributed by atoms with Gasteiger partial charge in [-0.05, 0) is 18.2 Å². The summed E-state index contributed by atoms with van der Waals surface area (Å²) < 4.78 is 5.89. The number of halogens is 1. The smallest absolute Gasteiger partial charge is 0.225 e. The van der Waals surface area contributed by atoms with Crippen molar-refractivity contribution >= 4 is 17.5 Å². The molecule has 0 radical (unpaired) electrons. The van der Waals surface area contributed by atoms with Crippen LogP contribution in [0.1, 0.15) is 5.89 Å². The van der Waals surface area contributed by atoms with Gasteiger partial charge in [-0.3, -0.25) is 4.90 Å². The van der Waals surface area contributed by atoms with Gasteiger partial charge in [0.25, 0.3) is 0 Å². The number of benzene rings is 1. The second kappa shape index (κ2) is 7.21. The SMILES string of the molecule is Clc1cccc(-c2cnc(CN3CCN(c4ncccn4)CC3)o2)c1. The topological polar surface area (TPSA) is 58.3 Å². The molecule has 0 saturated carbocycles. The van der Waals surface area contributed by atoms with Crippen LogP contribution >= 0.6 is 11.6 Å². The molecular weight excluding hydrogens is 338 g/mol. The van der Waals surface area contributed by atoms with E-state index in [0.29, 0.717) is 11.6 Å². The normalized spacial score (nSPS) is 15.5. The van der Waals surface area contributed by atoms with Crippen LogP contribution in [0.15, 0.2) is 53.3 Å². The van der Waals surface area contributed by atoms with E-state index < -0.39 is 0 Å². The molecule has 2 aromatic heterocycles. The van der Waals surface area contributed by atoms with Crippen molar-refractivity contribution in [2.45, 2.75) is 6.54 Å². The zero-order chi connectivity index (χ0) is 17.1. The Hall–Kier alpha value is -2.44. The highest BCUT2D eigenvalue weighted by molar-refractivity contribution is 6.30. The molecular formula is C18H18ClN5O. The van der Waals surface area contributed by atoms with Gasteiger partial charge in [-0.1, -0.05) is 23.7 Å². The Balaban J connectivity index is 1.36. The number of aromatic nitrogens is 3. The van der Waals surface area contributed by atoms with Gasteiger partial charge in [0.15, 0.2) is 5.76 Å². The van der Waals surface area contributed by atoms with Crippen molar-refractivity contribution in [3.05, 3.63) is 59.8 Å². The largest absolute Gasteiger partial charge is 0.439 e. The maximum atomic E-state index is 6.04. The zero-order valence-corrected chi connectivity index (χ0v) is 14.4. The lowest BCUT2D eigenvalue weighted by atomic mass is 10.2. The van der Waals surface area contributed by atoms with Gasteiger partial charge in [-0.25, -0.2) is 15.0 Å². The van der Waals surface area contributed by atoms with E-state index in [-0.39, 0.29) is 0 Å². The number of anilines is 1. The van der Waals surface area contributed by atoms with Crippen molar-refractivity contribution in [1.29, 1.82) is 0 Å². The molecule has 3 heterocycles. The first-order valence-corrected chi connectivity index (χ1v) is 8.61. The van der Waals surface area contributed by atoms with Crippen molar-refractivity contribution in [2.75, 3.05) is 31.1 Å². The molecule has 1 fully saturated rings. The van der Waals surface area contributed by atoms with Crippen LogP contribution in [0.25, 0.3) is 11.3 Å². The number of nitrogens with zero attached hydrogens (tertiary/aromatic N) is 5. The summed E-state index contributed by atoms with van der Waals surface area (Å²) in [4.78, 5) is 17.5. The Morgan fingerprint density at radius 1 is 1.00 bits per heavy atom. The first-order valence-electron chi connectivity index (χ1n) is 8.23. The minimum atomic E-state index is 0.690. The number of rotatable bonds is 4. The third-order valence-corrected chi connectivity index (χ3v) is 4.46. The molecule has 0 bridgehead atoms. The van der Waals surface area contributed by atoms with Crippen molar-refractivity contribution in [3.8, 4) is 11.3 Å². The molecule has 0 N–H and O–H groups in total. The van der Waals surface area contributed by atoms with Gasteiger partial charge >= 0.3 is 0 Å². The highest BCUT2D eigenvalue weighted by atomic mass is 35.5. The van der Waals surface area contributed by atoms with Crippen LogP contribution in [-0.2, 0) is 6.54 Å². The van der Waals surface area contributed by atoms with Crippen LogP contribution in [0.4, 0.5) is 5.95 Å². The highest BCUT2D eigenvalue weighted by Crippen LogP contribution is 2.24. The van der Waals surface area contributed by atoms with Gasteiger partial charge in [-0.2, -0.15) is 0 Å². The van der Waals surface area contributed by atoms with Crippen molar-refractivity contribution in [1.82, 2.24) is 19.9 Å². The van der Waals surface area contributed by atoms with Crippen LogP contribution < -0.4 is 4.90 Å². The summed E-state index contributed by atoms with van der Waals surface area (Å²) in [6.45, 7) is 4.34. The minimum Gasteiger partial charge on any atom is -0.439 e. The molecule has 0 spiro atoms. The standard InChI is InChI=1S/C18H18ClN5O/c19-15-4-1-3-14(11-15)16-12-22-17(25-16)13-23-7-9-24(10-8-23)18-20-5-2-6-21-18/h1-6,11-12H,7-10,13H2. The number of hydrogen-bond donors (Lipinski definition) is 0. The van der Waals surface area contributed by atoms with Gasteiger partial charge in [-0.15, -0.1) is 0 Å². The van der Waals surface area contributed by atoms with E-state index in [1.165, 1.54) is 0 Å². The highest BCUT2D eigenvalue weighted by Gasteiger charge is 2.20. The fraction of sp³-hybridized carbons (Fsp3) is 0.278. The van der Waals surface area contributed by atoms with E-state index in [0.717, 1.165) is 49.3 Å². The summed E-state index contributed by atoms with van der Waals surface area (Å²) in [6, 6.07) is 9.43. The summed E-state index contributed by atoms with van der Waals surface area (Å²) in [5.74, 6) is 2.26. The summed E-state index contributed by atoms with van der Waals surface area (Å²) in [7, 11) is 0. The van der Waals surface area contributed by atoms with Gasteiger partial charge in [0.1, 0.15) is 0 Å². The molecule has 7 heteroatoms. The molecule has 0 unspecified atom stereocenters. The molecule has 1 saturated heterocycles. The molecule has 25 heavy (non-hydrogen) atoms. The van der Waals surface area contributed by atoms with Crippen LogP contribution in [0.3, 0.4) is 0 Å². The minimum absolute atomic E-state index is 0.690. The summed E-state index contributed by atoms with van der Waals surface area (Å²) in [6.07, 6.45) is 5.31. The number of oxazole rings is 1. The Labute approximate surface area is 151 Å². The Kier molecular flexibility index (Phi) is 4.63. The number of hydrogen-bond acceptors (Lipinski definition) is 6. The molecule has 3 aromatic rings. The summed E-state index contributed by atoms with van der Waals surface area (Å²) in [5, 5.41) is 0.690. The zero-order valence-electron chi connectivity index (χ0n) is 13.7. The first-order chi connectivity index (χ1) is 12.3. The average Bonchev–Trinajstić information content (AvgIpc) is 3.12. The third kappa shape index (κ3) is 3.81. The molecule has 1 aliphatic heterocycles. The Morgan fingerprint density at radius 3 is 2.56 bits per heavy atom. The maximum Gasteiger partial charge on any atom is 0.225 e. The number of piperazine rings is 1. The lowest BCUT2D eigenvalue weighted by Gasteiger charge is -2.33. The molecule has 0 amide bonds. The molecule has 6 nitrogen and oxygen atoms in total. The predicted octanol–water partition coefficient (Wildman–Crippen LogP) is 3.11. The van der Waals surface area contributed by atoms with Crippen LogP contribution in [0.2, 0.25) is 5.02 Å². The van der Waals surface area contributed by atoms with Gasteiger partial charge in [0.2, 0.25) is 11.8 Å². The van der Waals surface area contributed by atoms with Crippen molar-refractivity contribution in [3.63, 3.8) is 0 Å². The predicted molar refractivity (Wildman–Crippen MR) is 96.5 cm³/mol. The molecule has 0 aliphatic carbocycles. The van der Waals surface area contributed by atoms with E-state index >= 15 is 0 Å². The quantitative estimate of drug-likeness (QED) is 0.716. The molecule has 0 atom stereocenters. The lowest BCUT2D eigenvalue weighted by molar-refractivity contribution is 0.226. The average molecular weight is 356 g/mol. The second-order valence-corrected chi connectivity index (χ2v) is 6.38. The Morgan fingerprint density at radius 2 is 1.80 bits per heavy atom. The molecule has 1 aromatic carbocycles. The maximum absolute atomic E-state index is 6.04. The third-order valence-electron chi connectivity index (χ3n) is 4.23. The Bertz CT molecular complexity index is 830. The first kappa shape index (κ1) is 16.1. The summed E-state index contributed by atoms with van der Waals surface area (Å²) in [5.41, 5.74) is 0.942. The van der Waals surface area contributed by atoms with E-state index in [4.69, 9.17) is 16.0 Å². The molecule has 1 aliphatic rings.